The van der Waals surface area contributed by atoms with Crippen molar-refractivity contribution >= 4 is 11.8 Å². The van der Waals surface area contributed by atoms with Gasteiger partial charge in [0.25, 0.3) is 0 Å². The summed E-state index contributed by atoms with van der Waals surface area (Å²) in [7, 11) is 0. The molecule has 3 aromatic rings. The Kier molecular flexibility index (Phi) is 6.16. The number of carbonyl (C=O) groups excluding carboxylic acids is 2. The largest absolute Gasteiger partial charge is 0.494 e. The normalized spacial score (nSPS) is 12.0. The van der Waals surface area contributed by atoms with Gasteiger partial charge in [0, 0.05) is 28.7 Å². The molecular formula is C25H25NO6. The Morgan fingerprint density at radius 3 is 2.50 bits per heavy atom. The highest BCUT2D eigenvalue weighted by atomic mass is 16.7. The fourth-order valence-electron chi connectivity index (χ4n) is 3.78. The van der Waals surface area contributed by atoms with E-state index in [9.17, 15) is 9.59 Å². The molecule has 0 atom stereocenters. The third-order valence-corrected chi connectivity index (χ3v) is 5.29. The Morgan fingerprint density at radius 1 is 1.00 bits per heavy atom. The Bertz CT molecular complexity index is 1150. The molecule has 0 radical (unpaired) electrons. The molecule has 1 aromatic heterocycles. The summed E-state index contributed by atoms with van der Waals surface area (Å²) in [5.74, 6) is 1.42. The molecule has 2 heterocycles. The van der Waals surface area contributed by atoms with E-state index in [-0.39, 0.29) is 25.6 Å². The maximum absolute atomic E-state index is 12.8. The van der Waals surface area contributed by atoms with Crippen LogP contribution in [0.15, 0.2) is 48.5 Å². The SMILES string of the molecule is CCOc1ccc(CC(=O)OCC(=O)c2cc(C)n(-c3ccc4c(c3)OCO4)c2C)cc1. The minimum absolute atomic E-state index is 0.0932. The van der Waals surface area contributed by atoms with Gasteiger partial charge in [0.2, 0.25) is 12.6 Å². The second-order valence-electron chi connectivity index (χ2n) is 7.50. The van der Waals surface area contributed by atoms with Crippen molar-refractivity contribution in [2.75, 3.05) is 20.0 Å². The van der Waals surface area contributed by atoms with E-state index in [0.717, 1.165) is 28.4 Å². The number of hydrogen-bond donors (Lipinski definition) is 0. The van der Waals surface area contributed by atoms with Crippen molar-refractivity contribution in [3.05, 3.63) is 71.0 Å². The van der Waals surface area contributed by atoms with E-state index in [2.05, 4.69) is 0 Å². The Hall–Kier alpha value is -3.74. The van der Waals surface area contributed by atoms with Gasteiger partial charge in [-0.25, -0.2) is 0 Å². The molecular weight excluding hydrogens is 410 g/mol. The molecule has 0 aliphatic carbocycles. The standard InChI is InChI=1S/C25H25NO6/c1-4-29-20-8-5-18(6-9-20)12-25(28)30-14-22(27)21-11-16(2)26(17(21)3)19-7-10-23-24(13-19)32-15-31-23/h5-11,13H,4,12,14-15H2,1-3H3. The minimum atomic E-state index is -0.452. The predicted molar refractivity (Wildman–Crippen MR) is 118 cm³/mol. The molecule has 0 fully saturated rings. The molecule has 7 heteroatoms. The summed E-state index contributed by atoms with van der Waals surface area (Å²) in [5.41, 5.74) is 3.86. The number of fused-ring (bicyclic) bond motifs is 1. The first-order valence-electron chi connectivity index (χ1n) is 10.5. The summed E-state index contributed by atoms with van der Waals surface area (Å²) in [6.07, 6.45) is 0.0932. The average molecular weight is 435 g/mol. The molecule has 0 bridgehead atoms. The third-order valence-electron chi connectivity index (χ3n) is 5.29. The lowest BCUT2D eigenvalue weighted by Gasteiger charge is -2.11. The maximum Gasteiger partial charge on any atom is 0.310 e. The lowest BCUT2D eigenvalue weighted by atomic mass is 10.1. The maximum atomic E-state index is 12.8. The number of esters is 1. The lowest BCUT2D eigenvalue weighted by Crippen LogP contribution is -2.16. The van der Waals surface area contributed by atoms with Crippen molar-refractivity contribution in [3.8, 4) is 22.9 Å². The van der Waals surface area contributed by atoms with Crippen molar-refractivity contribution in [3.63, 3.8) is 0 Å². The molecule has 166 valence electrons. The summed E-state index contributed by atoms with van der Waals surface area (Å²) < 4.78 is 23.4. The molecule has 32 heavy (non-hydrogen) atoms. The van der Waals surface area contributed by atoms with Gasteiger partial charge in [-0.15, -0.1) is 0 Å². The van der Waals surface area contributed by atoms with Crippen LogP contribution < -0.4 is 14.2 Å². The molecule has 0 saturated carbocycles. The molecule has 4 rings (SSSR count). The van der Waals surface area contributed by atoms with Crippen LogP contribution in [0, 0.1) is 13.8 Å². The zero-order valence-corrected chi connectivity index (χ0v) is 18.3. The van der Waals surface area contributed by atoms with E-state index in [0.29, 0.717) is 23.7 Å². The van der Waals surface area contributed by atoms with E-state index >= 15 is 0 Å². The number of benzene rings is 2. The van der Waals surface area contributed by atoms with Crippen LogP contribution in [0.2, 0.25) is 0 Å². The first kappa shape index (κ1) is 21.5. The van der Waals surface area contributed by atoms with Gasteiger partial charge in [-0.1, -0.05) is 12.1 Å². The van der Waals surface area contributed by atoms with Crippen molar-refractivity contribution in [2.45, 2.75) is 27.2 Å². The minimum Gasteiger partial charge on any atom is -0.494 e. The number of aromatic nitrogens is 1. The zero-order valence-electron chi connectivity index (χ0n) is 18.3. The van der Waals surface area contributed by atoms with Crippen LogP contribution in [-0.4, -0.2) is 36.3 Å². The number of ether oxygens (including phenoxy) is 4. The van der Waals surface area contributed by atoms with Crippen LogP contribution in [-0.2, 0) is 16.0 Å². The fourth-order valence-corrected chi connectivity index (χ4v) is 3.78. The summed E-state index contributed by atoms with van der Waals surface area (Å²) in [6, 6.07) is 14.7. The highest BCUT2D eigenvalue weighted by molar-refractivity contribution is 5.99. The van der Waals surface area contributed by atoms with E-state index < -0.39 is 5.97 Å². The highest BCUT2D eigenvalue weighted by Gasteiger charge is 2.20. The first-order chi connectivity index (χ1) is 15.5. The van der Waals surface area contributed by atoms with Crippen molar-refractivity contribution < 1.29 is 28.5 Å². The number of nitrogens with zero attached hydrogens (tertiary/aromatic N) is 1. The number of rotatable bonds is 8. The van der Waals surface area contributed by atoms with E-state index in [1.165, 1.54) is 0 Å². The van der Waals surface area contributed by atoms with E-state index in [1.807, 2.05) is 73.9 Å². The molecule has 0 amide bonds. The molecule has 0 N–H and O–H groups in total. The van der Waals surface area contributed by atoms with E-state index in [1.54, 1.807) is 0 Å². The summed E-state index contributed by atoms with van der Waals surface area (Å²) in [4.78, 5) is 25.0. The monoisotopic (exact) mass is 435 g/mol. The number of ketones is 1. The third kappa shape index (κ3) is 4.46. The van der Waals surface area contributed by atoms with E-state index in [4.69, 9.17) is 18.9 Å². The average Bonchev–Trinajstić information content (AvgIpc) is 3.36. The molecule has 1 aliphatic rings. The second kappa shape index (κ2) is 9.18. The lowest BCUT2D eigenvalue weighted by molar-refractivity contribution is -0.141. The summed E-state index contributed by atoms with van der Waals surface area (Å²) in [6.45, 7) is 6.18. The van der Waals surface area contributed by atoms with Crippen LogP contribution in [0.1, 0.15) is 34.2 Å². The topological polar surface area (TPSA) is 76.0 Å². The molecule has 1 aliphatic heterocycles. The van der Waals surface area contributed by atoms with Gasteiger partial charge >= 0.3 is 5.97 Å². The summed E-state index contributed by atoms with van der Waals surface area (Å²) in [5, 5.41) is 0. The van der Waals surface area contributed by atoms with Crippen LogP contribution in [0.5, 0.6) is 17.2 Å². The Labute approximate surface area is 186 Å². The Balaban J connectivity index is 1.40. The van der Waals surface area contributed by atoms with Crippen LogP contribution in [0.4, 0.5) is 0 Å². The van der Waals surface area contributed by atoms with Crippen molar-refractivity contribution in [1.29, 1.82) is 0 Å². The van der Waals surface area contributed by atoms with Gasteiger partial charge in [0.15, 0.2) is 18.1 Å². The zero-order chi connectivity index (χ0) is 22.7. The van der Waals surface area contributed by atoms with Crippen LogP contribution in [0.25, 0.3) is 5.69 Å². The van der Waals surface area contributed by atoms with Gasteiger partial charge in [-0.2, -0.15) is 0 Å². The first-order valence-corrected chi connectivity index (χ1v) is 10.5. The molecule has 0 unspecified atom stereocenters. The number of carbonyl (C=O) groups is 2. The van der Waals surface area contributed by atoms with Gasteiger partial charge in [-0.3, -0.25) is 9.59 Å². The molecule has 2 aromatic carbocycles. The predicted octanol–water partition coefficient (Wildman–Crippen LogP) is 4.19. The van der Waals surface area contributed by atoms with Crippen LogP contribution >= 0.6 is 0 Å². The quantitative estimate of drug-likeness (QED) is 0.390. The number of hydrogen-bond acceptors (Lipinski definition) is 6. The fraction of sp³-hybridized carbons (Fsp3) is 0.280. The van der Waals surface area contributed by atoms with Crippen molar-refractivity contribution in [2.24, 2.45) is 0 Å². The smallest absolute Gasteiger partial charge is 0.310 e. The van der Waals surface area contributed by atoms with Gasteiger partial charge in [0.05, 0.1) is 13.0 Å². The second-order valence-corrected chi connectivity index (χ2v) is 7.50. The highest BCUT2D eigenvalue weighted by Crippen LogP contribution is 2.35. The number of Topliss-reactive ketones (excluding diaryl/α,β-unsaturated/α-hetero) is 1. The summed E-state index contributed by atoms with van der Waals surface area (Å²) >= 11 is 0. The van der Waals surface area contributed by atoms with Gasteiger partial charge in [-0.05, 0) is 56.7 Å². The van der Waals surface area contributed by atoms with Gasteiger partial charge in [0.1, 0.15) is 5.75 Å². The van der Waals surface area contributed by atoms with Gasteiger partial charge < -0.3 is 23.5 Å². The van der Waals surface area contributed by atoms with Crippen molar-refractivity contribution in [1.82, 2.24) is 4.57 Å². The molecule has 0 saturated heterocycles. The van der Waals surface area contributed by atoms with Crippen LogP contribution in [0.3, 0.4) is 0 Å². The Morgan fingerprint density at radius 2 is 1.75 bits per heavy atom. The number of aryl methyl sites for hydroxylation is 1. The molecule has 7 nitrogen and oxygen atoms in total. The molecule has 0 spiro atoms.